The van der Waals surface area contributed by atoms with Crippen LogP contribution >= 0.6 is 0 Å². The zero-order valence-corrected chi connectivity index (χ0v) is 20.1. The molecule has 0 aromatic heterocycles. The van der Waals surface area contributed by atoms with Crippen molar-refractivity contribution in [2.45, 2.75) is 103 Å². The number of hydrogen-bond acceptors (Lipinski definition) is 8. The van der Waals surface area contributed by atoms with Crippen LogP contribution in [0.2, 0.25) is 0 Å². The number of likely N-dealkylation sites (tertiary alicyclic amines) is 2. The summed E-state index contributed by atoms with van der Waals surface area (Å²) in [7, 11) is 0. The van der Waals surface area contributed by atoms with Gasteiger partial charge in [-0.05, 0) is 48.5 Å². The highest BCUT2D eigenvalue weighted by Crippen LogP contribution is 2.27. The Kier molecular flexibility index (Phi) is 9.09. The predicted octanol–water partition coefficient (Wildman–Crippen LogP) is 1.27. The van der Waals surface area contributed by atoms with E-state index in [4.69, 9.17) is 19.7 Å². The summed E-state index contributed by atoms with van der Waals surface area (Å²) >= 11 is 0. The van der Waals surface area contributed by atoms with E-state index >= 15 is 0 Å². The molecule has 0 aromatic rings. The van der Waals surface area contributed by atoms with Crippen molar-refractivity contribution < 1.29 is 49.1 Å². The van der Waals surface area contributed by atoms with Crippen molar-refractivity contribution >= 4 is 24.1 Å². The molecule has 33 heavy (non-hydrogen) atoms. The lowest BCUT2D eigenvalue weighted by Crippen LogP contribution is -2.47. The van der Waals surface area contributed by atoms with Crippen molar-refractivity contribution in [2.75, 3.05) is 6.54 Å². The Bertz CT molecular complexity index is 742. The van der Waals surface area contributed by atoms with Gasteiger partial charge in [0.15, 0.2) is 0 Å². The van der Waals surface area contributed by atoms with Crippen LogP contribution in [0.15, 0.2) is 0 Å². The second-order valence-corrected chi connectivity index (χ2v) is 10.2. The van der Waals surface area contributed by atoms with Crippen LogP contribution in [0.5, 0.6) is 0 Å². The van der Waals surface area contributed by atoms with Crippen molar-refractivity contribution in [1.29, 1.82) is 0 Å². The zero-order chi connectivity index (χ0) is 25.9. The van der Waals surface area contributed by atoms with Gasteiger partial charge in [0.25, 0.3) is 0 Å². The predicted molar refractivity (Wildman–Crippen MR) is 115 cm³/mol. The van der Waals surface area contributed by atoms with Gasteiger partial charge in [0.05, 0.1) is 24.8 Å². The molecule has 2 amide bonds. The Hall–Kier alpha value is -2.60. The topological polar surface area (TPSA) is 174 Å². The van der Waals surface area contributed by atoms with Crippen LogP contribution in [0.3, 0.4) is 0 Å². The maximum absolute atomic E-state index is 11.9. The minimum atomic E-state index is -1.13. The Morgan fingerprint density at radius 1 is 0.788 bits per heavy atom. The normalized spacial score (nSPS) is 27.5. The molecule has 0 spiro atoms. The number of carbonyl (C=O) groups is 4. The van der Waals surface area contributed by atoms with E-state index in [1.54, 1.807) is 48.5 Å². The van der Waals surface area contributed by atoms with Gasteiger partial charge >= 0.3 is 24.1 Å². The number of carbonyl (C=O) groups excluding carboxylic acids is 2. The van der Waals surface area contributed by atoms with Gasteiger partial charge in [-0.2, -0.15) is 0 Å². The fourth-order valence-electron chi connectivity index (χ4n) is 3.41. The number of amides is 2. The fraction of sp³-hybridized carbons (Fsp3) is 0.810. The largest absolute Gasteiger partial charge is 0.480 e. The third-order valence-electron chi connectivity index (χ3n) is 4.88. The first-order chi connectivity index (χ1) is 14.8. The fourth-order valence-corrected chi connectivity index (χ4v) is 3.41. The third kappa shape index (κ3) is 8.35. The van der Waals surface area contributed by atoms with Crippen molar-refractivity contribution in [1.82, 2.24) is 9.80 Å². The number of aliphatic carboxylic acids is 2. The summed E-state index contributed by atoms with van der Waals surface area (Å²) in [6.45, 7) is 11.8. The highest BCUT2D eigenvalue weighted by molar-refractivity contribution is 5.82. The smallest absolute Gasteiger partial charge is 0.411 e. The van der Waals surface area contributed by atoms with Crippen LogP contribution in [0.1, 0.15) is 61.3 Å². The molecule has 2 aliphatic rings. The Balaban J connectivity index is 0.000000331. The molecule has 0 bridgehead atoms. The van der Waals surface area contributed by atoms with Crippen molar-refractivity contribution in [3.05, 3.63) is 0 Å². The highest BCUT2D eigenvalue weighted by atomic mass is 16.6. The van der Waals surface area contributed by atoms with Crippen LogP contribution in [0.4, 0.5) is 9.59 Å². The van der Waals surface area contributed by atoms with E-state index in [2.05, 4.69) is 0 Å². The number of ether oxygens (including phenoxy) is 2. The summed E-state index contributed by atoms with van der Waals surface area (Å²) < 4.78 is 10.2. The molecule has 2 heterocycles. The van der Waals surface area contributed by atoms with Crippen molar-refractivity contribution in [2.24, 2.45) is 0 Å². The molecule has 2 aliphatic heterocycles. The minimum Gasteiger partial charge on any atom is -0.480 e. The lowest BCUT2D eigenvalue weighted by Gasteiger charge is -2.29. The maximum atomic E-state index is 11.9. The monoisotopic (exact) mass is 476 g/mol. The van der Waals surface area contributed by atoms with Crippen molar-refractivity contribution in [3.8, 4) is 0 Å². The molecule has 2 saturated heterocycles. The molecule has 12 heteroatoms. The van der Waals surface area contributed by atoms with Gasteiger partial charge in [-0.25, -0.2) is 19.2 Å². The number of aliphatic hydroxyl groups excluding tert-OH is 2. The number of aliphatic hydroxyl groups is 2. The number of hydrogen-bond donors (Lipinski definition) is 4. The van der Waals surface area contributed by atoms with E-state index in [0.717, 1.165) is 9.80 Å². The standard InChI is InChI=1S/C11H19NO5.C10H17NO5/c1-6-8(13)5-7(9(14)15)12(6)10(16)17-11(2,3)4;1-10(2,3)16-9(15)11-5-6(12)4-7(11)8(13)14/h6-8,13H,5H2,1-4H3,(H,14,15);6-7,12H,4-5H2,1-3H3,(H,13,14). The van der Waals surface area contributed by atoms with E-state index in [-0.39, 0.29) is 19.4 Å². The quantitative estimate of drug-likeness (QED) is 0.454. The molecule has 0 radical (unpaired) electrons. The van der Waals surface area contributed by atoms with E-state index in [1.807, 2.05) is 0 Å². The van der Waals surface area contributed by atoms with E-state index in [0.29, 0.717) is 0 Å². The highest BCUT2D eigenvalue weighted by Gasteiger charge is 2.46. The number of carboxylic acid groups (broad SMARTS) is 2. The average Bonchev–Trinajstić information content (AvgIpc) is 3.13. The minimum absolute atomic E-state index is 0.00583. The first-order valence-corrected chi connectivity index (χ1v) is 10.7. The molecular formula is C21H36N2O10. The Morgan fingerprint density at radius 2 is 1.24 bits per heavy atom. The van der Waals surface area contributed by atoms with E-state index < -0.39 is 65.7 Å². The summed E-state index contributed by atoms with van der Waals surface area (Å²) in [4.78, 5) is 47.5. The summed E-state index contributed by atoms with van der Waals surface area (Å²) in [5, 5.41) is 36.9. The SMILES string of the molecule is CC(C)(C)OC(=O)N1CC(O)CC1C(=O)O.CC1C(O)CC(C(=O)O)N1C(=O)OC(C)(C)C. The molecule has 5 unspecified atom stereocenters. The van der Waals surface area contributed by atoms with Gasteiger partial charge in [0.1, 0.15) is 23.3 Å². The van der Waals surface area contributed by atoms with Crippen LogP contribution in [0, 0.1) is 0 Å². The summed E-state index contributed by atoms with van der Waals surface area (Å²) in [6, 6.07) is -2.56. The molecule has 2 rings (SSSR count). The molecule has 2 fully saturated rings. The van der Waals surface area contributed by atoms with Gasteiger partial charge in [-0.1, -0.05) is 0 Å². The number of rotatable bonds is 2. The Labute approximate surface area is 193 Å². The zero-order valence-electron chi connectivity index (χ0n) is 20.1. The van der Waals surface area contributed by atoms with Crippen molar-refractivity contribution in [3.63, 3.8) is 0 Å². The molecule has 190 valence electrons. The number of β-amino-alcohol motifs (C(OH)–C–C–N with tert-alkyl or cyclic N) is 1. The molecule has 5 atom stereocenters. The third-order valence-corrected chi connectivity index (χ3v) is 4.88. The lowest BCUT2D eigenvalue weighted by molar-refractivity contribution is -0.143. The van der Waals surface area contributed by atoms with Crippen LogP contribution in [-0.2, 0) is 19.1 Å². The van der Waals surface area contributed by atoms with Gasteiger partial charge in [-0.3, -0.25) is 9.80 Å². The summed E-state index contributed by atoms with van der Waals surface area (Å²) in [6.07, 6.45) is -2.94. The second kappa shape index (κ2) is 10.6. The van der Waals surface area contributed by atoms with Crippen LogP contribution in [0.25, 0.3) is 0 Å². The summed E-state index contributed by atoms with van der Waals surface area (Å²) in [5.74, 6) is -2.25. The summed E-state index contributed by atoms with van der Waals surface area (Å²) in [5.41, 5.74) is -1.36. The van der Waals surface area contributed by atoms with Gasteiger partial charge < -0.3 is 29.9 Å². The lowest BCUT2D eigenvalue weighted by atomic mass is 10.1. The average molecular weight is 477 g/mol. The molecule has 12 nitrogen and oxygen atoms in total. The first-order valence-electron chi connectivity index (χ1n) is 10.7. The number of carboxylic acids is 2. The molecule has 0 aromatic carbocycles. The Morgan fingerprint density at radius 3 is 1.67 bits per heavy atom. The molecule has 4 N–H and O–H groups in total. The van der Waals surface area contributed by atoms with Gasteiger partial charge in [0, 0.05) is 12.8 Å². The number of nitrogens with zero attached hydrogens (tertiary/aromatic N) is 2. The second-order valence-electron chi connectivity index (χ2n) is 10.2. The van der Waals surface area contributed by atoms with Crippen LogP contribution in [-0.4, -0.2) is 102 Å². The first kappa shape index (κ1) is 28.4. The maximum Gasteiger partial charge on any atom is 0.411 e. The molecule has 0 saturated carbocycles. The van der Waals surface area contributed by atoms with E-state index in [9.17, 15) is 29.4 Å². The van der Waals surface area contributed by atoms with Gasteiger partial charge in [0.2, 0.25) is 0 Å². The van der Waals surface area contributed by atoms with E-state index in [1.165, 1.54) is 0 Å². The molecule has 0 aliphatic carbocycles. The molecular weight excluding hydrogens is 440 g/mol. The van der Waals surface area contributed by atoms with Crippen LogP contribution < -0.4 is 0 Å². The van der Waals surface area contributed by atoms with Gasteiger partial charge in [-0.15, -0.1) is 0 Å².